The summed E-state index contributed by atoms with van der Waals surface area (Å²) in [7, 11) is 0. The summed E-state index contributed by atoms with van der Waals surface area (Å²) in [5, 5.41) is 15.2. The number of carboxylic acid groups (broad SMARTS) is 1. The highest BCUT2D eigenvalue weighted by atomic mass is 16.5. The molecule has 1 aliphatic rings. The van der Waals surface area contributed by atoms with Crippen molar-refractivity contribution in [1.29, 1.82) is 0 Å². The Morgan fingerprint density at radius 1 is 1.73 bits per heavy atom. The van der Waals surface area contributed by atoms with Crippen molar-refractivity contribution in [2.24, 2.45) is 0 Å². The van der Waals surface area contributed by atoms with Crippen LogP contribution in [0.25, 0.3) is 0 Å². The van der Waals surface area contributed by atoms with Gasteiger partial charge in [0.1, 0.15) is 0 Å². The van der Waals surface area contributed by atoms with Crippen molar-refractivity contribution in [1.82, 2.24) is 10.1 Å². The van der Waals surface area contributed by atoms with Crippen LogP contribution in [0.4, 0.5) is 6.01 Å². The van der Waals surface area contributed by atoms with E-state index >= 15 is 0 Å². The molecule has 1 heterocycles. The van der Waals surface area contributed by atoms with E-state index in [-0.39, 0.29) is 12.5 Å². The third-order valence-electron chi connectivity index (χ3n) is 2.23. The summed E-state index contributed by atoms with van der Waals surface area (Å²) in [5.41, 5.74) is 0. The van der Waals surface area contributed by atoms with Crippen molar-refractivity contribution in [3.05, 3.63) is 5.82 Å². The molecule has 6 nitrogen and oxygen atoms in total. The lowest BCUT2D eigenvalue weighted by Crippen LogP contribution is -2.19. The molecule has 82 valence electrons. The highest BCUT2D eigenvalue weighted by molar-refractivity contribution is 5.67. The number of aromatic nitrogens is 2. The first-order valence-electron chi connectivity index (χ1n) is 4.97. The standard InChI is InChI=1S/C9H13N3O3/c1-5(4-7(13)14)10-9-11-8(12-15-9)6-2-3-6/h5-6H,2-4H2,1H3,(H,13,14)(H,10,11,12). The Bertz CT molecular complexity index is 359. The van der Waals surface area contributed by atoms with Crippen molar-refractivity contribution >= 4 is 12.0 Å². The lowest BCUT2D eigenvalue weighted by molar-refractivity contribution is -0.137. The van der Waals surface area contributed by atoms with E-state index in [1.54, 1.807) is 6.92 Å². The summed E-state index contributed by atoms with van der Waals surface area (Å²) >= 11 is 0. The Labute approximate surface area is 86.7 Å². The smallest absolute Gasteiger partial charge is 0.321 e. The number of carbonyl (C=O) groups is 1. The first-order valence-corrected chi connectivity index (χ1v) is 4.97. The summed E-state index contributed by atoms with van der Waals surface area (Å²) in [6.45, 7) is 1.76. The fourth-order valence-electron chi connectivity index (χ4n) is 1.32. The number of hydrogen-bond acceptors (Lipinski definition) is 5. The Hall–Kier alpha value is -1.59. The van der Waals surface area contributed by atoms with Crippen LogP contribution in [-0.4, -0.2) is 27.3 Å². The Morgan fingerprint density at radius 3 is 3.07 bits per heavy atom. The van der Waals surface area contributed by atoms with Gasteiger partial charge in [0.25, 0.3) is 0 Å². The molecule has 1 aliphatic carbocycles. The van der Waals surface area contributed by atoms with Crippen LogP contribution in [0.2, 0.25) is 0 Å². The molecule has 1 aromatic rings. The van der Waals surface area contributed by atoms with Gasteiger partial charge < -0.3 is 14.9 Å². The largest absolute Gasteiger partial charge is 0.481 e. The van der Waals surface area contributed by atoms with Crippen molar-refractivity contribution in [3.8, 4) is 0 Å². The van der Waals surface area contributed by atoms with Crippen LogP contribution in [0, 0.1) is 0 Å². The predicted octanol–water partition coefficient (Wildman–Crippen LogP) is 1.22. The van der Waals surface area contributed by atoms with Gasteiger partial charge in [0.15, 0.2) is 5.82 Å². The lowest BCUT2D eigenvalue weighted by atomic mass is 10.2. The maximum atomic E-state index is 10.4. The fourth-order valence-corrected chi connectivity index (χ4v) is 1.32. The van der Waals surface area contributed by atoms with E-state index in [4.69, 9.17) is 9.63 Å². The minimum atomic E-state index is -0.850. The second-order valence-corrected chi connectivity index (χ2v) is 3.88. The quantitative estimate of drug-likeness (QED) is 0.761. The minimum Gasteiger partial charge on any atom is -0.481 e. The zero-order valence-electron chi connectivity index (χ0n) is 8.43. The summed E-state index contributed by atoms with van der Waals surface area (Å²) < 4.78 is 4.95. The molecule has 2 N–H and O–H groups in total. The molecule has 1 saturated carbocycles. The zero-order valence-corrected chi connectivity index (χ0v) is 8.43. The molecule has 6 heteroatoms. The molecule has 0 spiro atoms. The van der Waals surface area contributed by atoms with Crippen LogP contribution in [0.1, 0.15) is 37.9 Å². The molecule has 0 bridgehead atoms. The van der Waals surface area contributed by atoms with Gasteiger partial charge in [-0.3, -0.25) is 4.79 Å². The topological polar surface area (TPSA) is 88.2 Å². The van der Waals surface area contributed by atoms with Crippen molar-refractivity contribution in [2.75, 3.05) is 5.32 Å². The van der Waals surface area contributed by atoms with Crippen molar-refractivity contribution in [2.45, 2.75) is 38.1 Å². The number of aliphatic carboxylic acids is 1. The molecule has 2 rings (SSSR count). The van der Waals surface area contributed by atoms with Crippen LogP contribution < -0.4 is 5.32 Å². The average Bonchev–Trinajstić information content (AvgIpc) is 2.87. The number of nitrogens with zero attached hydrogens (tertiary/aromatic N) is 2. The first kappa shape index (κ1) is 9.95. The van der Waals surface area contributed by atoms with E-state index in [1.165, 1.54) is 0 Å². The highest BCUT2D eigenvalue weighted by Crippen LogP contribution is 2.38. The van der Waals surface area contributed by atoms with E-state index in [9.17, 15) is 4.79 Å². The van der Waals surface area contributed by atoms with E-state index in [0.29, 0.717) is 11.9 Å². The normalized spacial score (nSPS) is 17.4. The monoisotopic (exact) mass is 211 g/mol. The third-order valence-corrected chi connectivity index (χ3v) is 2.23. The fraction of sp³-hybridized carbons (Fsp3) is 0.667. The number of rotatable bonds is 5. The van der Waals surface area contributed by atoms with Gasteiger partial charge in [-0.2, -0.15) is 4.98 Å². The molecule has 0 radical (unpaired) electrons. The van der Waals surface area contributed by atoms with Gasteiger partial charge >= 0.3 is 12.0 Å². The molecule has 1 unspecified atom stereocenters. The minimum absolute atomic E-state index is 0.0289. The van der Waals surface area contributed by atoms with Gasteiger partial charge in [-0.25, -0.2) is 0 Å². The third kappa shape index (κ3) is 2.68. The summed E-state index contributed by atoms with van der Waals surface area (Å²) in [4.78, 5) is 14.6. The molecule has 1 fully saturated rings. The van der Waals surface area contributed by atoms with Crippen molar-refractivity contribution in [3.63, 3.8) is 0 Å². The van der Waals surface area contributed by atoms with Gasteiger partial charge in [-0.05, 0) is 19.8 Å². The maximum Gasteiger partial charge on any atom is 0.321 e. The predicted molar refractivity (Wildman–Crippen MR) is 51.6 cm³/mol. The second kappa shape index (κ2) is 3.88. The van der Waals surface area contributed by atoms with Gasteiger partial charge in [-0.1, -0.05) is 5.16 Å². The molecule has 0 aromatic carbocycles. The summed E-state index contributed by atoms with van der Waals surface area (Å²) in [6.07, 6.45) is 2.26. The van der Waals surface area contributed by atoms with Gasteiger partial charge in [0.2, 0.25) is 0 Å². The molecule has 1 atom stereocenters. The van der Waals surface area contributed by atoms with Crippen LogP contribution in [-0.2, 0) is 4.79 Å². The van der Waals surface area contributed by atoms with Gasteiger partial charge in [0.05, 0.1) is 6.42 Å². The van der Waals surface area contributed by atoms with E-state index in [2.05, 4.69) is 15.5 Å². The molecular weight excluding hydrogens is 198 g/mol. The SMILES string of the molecule is CC(CC(=O)O)Nc1nc(C2CC2)no1. The number of anilines is 1. The van der Waals surface area contributed by atoms with E-state index in [1.807, 2.05) is 0 Å². The van der Waals surface area contributed by atoms with Crippen LogP contribution in [0.15, 0.2) is 4.52 Å². The van der Waals surface area contributed by atoms with Gasteiger partial charge in [0, 0.05) is 12.0 Å². The van der Waals surface area contributed by atoms with E-state index < -0.39 is 5.97 Å². The maximum absolute atomic E-state index is 10.4. The van der Waals surface area contributed by atoms with Crippen LogP contribution >= 0.6 is 0 Å². The highest BCUT2D eigenvalue weighted by Gasteiger charge is 2.28. The second-order valence-electron chi connectivity index (χ2n) is 3.88. The summed E-state index contributed by atoms with van der Waals surface area (Å²) in [6, 6.07) is 0.0978. The molecule has 1 aromatic heterocycles. The molecule has 0 aliphatic heterocycles. The van der Waals surface area contributed by atoms with Crippen molar-refractivity contribution < 1.29 is 14.4 Å². The number of carboxylic acids is 1. The number of hydrogen-bond donors (Lipinski definition) is 2. The van der Waals surface area contributed by atoms with Crippen LogP contribution in [0.5, 0.6) is 0 Å². The molecule has 0 saturated heterocycles. The van der Waals surface area contributed by atoms with Gasteiger partial charge in [-0.15, -0.1) is 0 Å². The lowest BCUT2D eigenvalue weighted by Gasteiger charge is -2.07. The van der Waals surface area contributed by atoms with E-state index in [0.717, 1.165) is 18.7 Å². The zero-order chi connectivity index (χ0) is 10.8. The molecular formula is C9H13N3O3. The average molecular weight is 211 g/mol. The molecule has 0 amide bonds. The Kier molecular flexibility index (Phi) is 2.57. The van der Waals surface area contributed by atoms with Crippen LogP contribution in [0.3, 0.4) is 0 Å². The Morgan fingerprint density at radius 2 is 2.47 bits per heavy atom. The first-order chi connectivity index (χ1) is 7.15. The summed E-state index contributed by atoms with van der Waals surface area (Å²) in [5.74, 6) is 0.316. The molecule has 15 heavy (non-hydrogen) atoms. The Balaban J connectivity index is 1.89. The number of nitrogens with one attached hydrogen (secondary N) is 1.